The molecule has 0 spiro atoms. The Hall–Kier alpha value is -10.2. The van der Waals surface area contributed by atoms with E-state index in [2.05, 4.69) is 21.3 Å². The normalized spacial score (nSPS) is 21.8. The van der Waals surface area contributed by atoms with Crippen LogP contribution in [0.4, 0.5) is 22.7 Å². The minimum atomic E-state index is -1.03. The SMILES string of the molecule is Nc1ccc(N)c2c1C(=O)N(C1CCC(=O)NC1=O)C2=O.Nc1cccc2c1C(=O)N([C@@H]1CCC(=O)NC1=O)C2=O.Nc1cccc2c1C(=O)N([C@H]1CCC(=O)NC1=O)C2=O.O=C1CCC(N2C(=O)c3c(Cl)ccc(Cl)c3C2=O)C(=O)N1. The van der Waals surface area contributed by atoms with Crippen LogP contribution < -0.4 is 44.2 Å². The molecule has 0 bridgehead atoms. The predicted octanol–water partition coefficient (Wildman–Crippen LogP) is -0.0132. The maximum atomic E-state index is 12.4. The smallest absolute Gasteiger partial charge is 0.264 e. The van der Waals surface area contributed by atoms with E-state index in [0.717, 1.165) is 19.6 Å². The molecule has 0 aromatic heterocycles. The fraction of sp³-hybridized carbons (Fsp3) is 0.231. The number of hydrogen-bond donors (Lipinski definition) is 8. The van der Waals surface area contributed by atoms with Crippen molar-refractivity contribution in [1.82, 2.24) is 40.9 Å². The second kappa shape index (κ2) is 21.8. The van der Waals surface area contributed by atoms with Crippen molar-refractivity contribution in [3.63, 3.8) is 0 Å². The van der Waals surface area contributed by atoms with Crippen LogP contribution in [0, 0.1) is 0 Å². The van der Waals surface area contributed by atoms with Crippen LogP contribution in [0.25, 0.3) is 0 Å². The van der Waals surface area contributed by atoms with Gasteiger partial charge >= 0.3 is 0 Å². The number of imide groups is 8. The fourth-order valence-electron chi connectivity index (χ4n) is 10.2. The number of rotatable bonds is 4. The molecule has 82 heavy (non-hydrogen) atoms. The molecule has 8 heterocycles. The number of anilines is 4. The van der Waals surface area contributed by atoms with Gasteiger partial charge in [-0.05, 0) is 74.2 Å². The monoisotopic (exact) mass is 1160 g/mol. The van der Waals surface area contributed by atoms with Crippen LogP contribution in [0.5, 0.6) is 0 Å². The first-order valence-electron chi connectivity index (χ1n) is 24.6. The van der Waals surface area contributed by atoms with Crippen LogP contribution in [0.15, 0.2) is 60.7 Å². The van der Waals surface area contributed by atoms with Gasteiger partial charge in [0, 0.05) is 48.4 Å². The summed E-state index contributed by atoms with van der Waals surface area (Å²) < 4.78 is 0. The highest BCUT2D eigenvalue weighted by Crippen LogP contribution is 2.38. The van der Waals surface area contributed by atoms with Crippen LogP contribution in [-0.4, -0.2) is 138 Å². The number of nitrogens with one attached hydrogen (secondary N) is 4. The van der Waals surface area contributed by atoms with Gasteiger partial charge in [-0.15, -0.1) is 0 Å². The molecule has 4 aromatic carbocycles. The molecule has 420 valence electrons. The van der Waals surface area contributed by atoms with Crippen LogP contribution in [0.1, 0.15) is 134 Å². The van der Waals surface area contributed by atoms with Gasteiger partial charge in [-0.2, -0.15) is 0 Å². The Morgan fingerprint density at radius 3 is 0.829 bits per heavy atom. The molecule has 4 atom stereocenters. The largest absolute Gasteiger partial charge is 0.398 e. The highest BCUT2D eigenvalue weighted by Gasteiger charge is 2.50. The number of benzene rings is 4. The van der Waals surface area contributed by atoms with Crippen molar-refractivity contribution in [2.45, 2.75) is 75.5 Å². The minimum Gasteiger partial charge on any atom is -0.398 e. The van der Waals surface area contributed by atoms with Crippen molar-refractivity contribution in [3.05, 3.63) is 115 Å². The molecule has 4 saturated heterocycles. The van der Waals surface area contributed by atoms with Crippen LogP contribution in [0.3, 0.4) is 0 Å². The van der Waals surface area contributed by atoms with E-state index in [4.69, 9.17) is 46.1 Å². The number of hydrogen-bond acceptors (Lipinski definition) is 20. The number of nitrogens with two attached hydrogens (primary N) is 4. The second-order valence-electron chi connectivity index (χ2n) is 19.1. The zero-order valence-corrected chi connectivity index (χ0v) is 43.6. The quantitative estimate of drug-likeness (QED) is 0.0984. The average Bonchev–Trinajstić information content (AvgIpc) is 4.29. The lowest BCUT2D eigenvalue weighted by Crippen LogP contribution is -2.54. The van der Waals surface area contributed by atoms with E-state index in [1.807, 2.05) is 0 Å². The maximum Gasteiger partial charge on any atom is 0.264 e. The number of nitrogens with zero attached hydrogens (tertiary/aromatic N) is 4. The number of carbonyl (C=O) groups is 16. The second-order valence-corrected chi connectivity index (χ2v) is 19.9. The van der Waals surface area contributed by atoms with E-state index < -0.39 is 119 Å². The summed E-state index contributed by atoms with van der Waals surface area (Å²) in [5.74, 6) is -9.18. The van der Waals surface area contributed by atoms with Gasteiger partial charge in [-0.3, -0.25) is 118 Å². The van der Waals surface area contributed by atoms with Crippen molar-refractivity contribution in [2.75, 3.05) is 22.9 Å². The van der Waals surface area contributed by atoms with E-state index in [1.165, 1.54) is 48.5 Å². The Balaban J connectivity index is 0.000000132. The number of nitrogen functional groups attached to an aromatic ring is 4. The molecule has 0 radical (unpaired) electrons. The molecule has 0 aliphatic carbocycles. The van der Waals surface area contributed by atoms with Crippen molar-refractivity contribution >= 4 is 140 Å². The minimum absolute atomic E-state index is 0.00105. The van der Waals surface area contributed by atoms with E-state index in [0.29, 0.717) is 0 Å². The first-order chi connectivity index (χ1) is 38.8. The summed E-state index contributed by atoms with van der Waals surface area (Å²) in [6.07, 6.45) is 0.770. The highest BCUT2D eigenvalue weighted by atomic mass is 35.5. The Bertz CT molecular complexity index is 3400. The summed E-state index contributed by atoms with van der Waals surface area (Å²) in [6.45, 7) is 0. The van der Waals surface area contributed by atoms with Crippen LogP contribution in [0.2, 0.25) is 10.0 Å². The molecule has 28 nitrogen and oxygen atoms in total. The van der Waals surface area contributed by atoms with Gasteiger partial charge in [0.05, 0.1) is 54.6 Å². The maximum absolute atomic E-state index is 12.4. The standard InChI is InChI=1S/C13H8Cl2N2O4.C13H12N4O4.2C13H11N3O4/c2*14-5-1-2-6(15)10-9(5)12(20)17(13(10)21)7-3-4-8(18)16-11(7)19;2*14-7-3-1-2-6-10(7)13(20)16(12(6)19)8-4-5-9(17)15-11(8)18/h1-2,7H,3-4H2,(H,16,18,19);1-2,7H,3-4,14-15H2,(H,16,18,19);2*1-3,8H,4-5,14H2,(H,15,17,18)/t;;2*8-/m..10/s1. The third-order valence-electron chi connectivity index (χ3n) is 14.1. The Labute approximate surface area is 470 Å². The van der Waals surface area contributed by atoms with Crippen molar-refractivity contribution in [2.24, 2.45) is 0 Å². The van der Waals surface area contributed by atoms with Gasteiger partial charge in [-0.25, -0.2) is 0 Å². The van der Waals surface area contributed by atoms with Crippen molar-refractivity contribution in [1.29, 1.82) is 0 Å². The average molecular weight is 1160 g/mol. The Kier molecular flexibility index (Phi) is 15.0. The number of fused-ring (bicyclic) bond motifs is 4. The molecule has 8 aliphatic heterocycles. The first-order valence-corrected chi connectivity index (χ1v) is 25.4. The number of halogens is 2. The molecular formula is C52H42Cl2N12O16. The highest BCUT2D eigenvalue weighted by molar-refractivity contribution is 6.42. The fourth-order valence-corrected chi connectivity index (χ4v) is 10.7. The lowest BCUT2D eigenvalue weighted by atomic mass is 10.0. The number of carbonyl (C=O) groups excluding carboxylic acids is 16. The van der Waals surface area contributed by atoms with E-state index in [1.54, 1.807) is 12.1 Å². The summed E-state index contributed by atoms with van der Waals surface area (Å²) in [5, 5.41) is 8.70. The van der Waals surface area contributed by atoms with Gasteiger partial charge in [0.15, 0.2) is 0 Å². The molecule has 2 unspecified atom stereocenters. The lowest BCUT2D eigenvalue weighted by Gasteiger charge is -2.27. The molecule has 12 N–H and O–H groups in total. The number of amides is 16. The van der Waals surface area contributed by atoms with Crippen LogP contribution in [-0.2, 0) is 38.4 Å². The topological polar surface area (TPSA) is 438 Å². The van der Waals surface area contributed by atoms with Gasteiger partial charge in [0.2, 0.25) is 47.3 Å². The molecule has 4 fully saturated rings. The summed E-state index contributed by atoms with van der Waals surface area (Å²) in [6, 6.07) is 11.0. The van der Waals surface area contributed by atoms with Crippen LogP contribution >= 0.6 is 23.2 Å². The summed E-state index contributed by atoms with van der Waals surface area (Å²) in [4.78, 5) is 194. The summed E-state index contributed by atoms with van der Waals surface area (Å²) in [7, 11) is 0. The van der Waals surface area contributed by atoms with Crippen molar-refractivity contribution < 1.29 is 76.7 Å². The molecule has 30 heteroatoms. The Morgan fingerprint density at radius 2 is 0.561 bits per heavy atom. The Morgan fingerprint density at radius 1 is 0.317 bits per heavy atom. The zero-order chi connectivity index (χ0) is 59.5. The number of piperidine rings is 4. The first kappa shape index (κ1) is 56.5. The summed E-state index contributed by atoms with van der Waals surface area (Å²) in [5.41, 5.74) is 24.3. The third-order valence-corrected chi connectivity index (χ3v) is 14.8. The van der Waals surface area contributed by atoms with Gasteiger partial charge < -0.3 is 22.9 Å². The molecule has 12 rings (SSSR count). The third kappa shape index (κ3) is 9.77. The van der Waals surface area contributed by atoms with Gasteiger partial charge in [0.1, 0.15) is 24.2 Å². The van der Waals surface area contributed by atoms with E-state index >= 15 is 0 Å². The van der Waals surface area contributed by atoms with E-state index in [9.17, 15) is 76.7 Å². The lowest BCUT2D eigenvalue weighted by molar-refractivity contribution is -0.137. The molecule has 16 amide bonds. The molecule has 8 aliphatic rings. The summed E-state index contributed by atoms with van der Waals surface area (Å²) >= 11 is 11.9. The molecule has 0 saturated carbocycles. The molecule has 4 aromatic rings. The predicted molar refractivity (Wildman–Crippen MR) is 280 cm³/mol. The zero-order valence-electron chi connectivity index (χ0n) is 42.1. The van der Waals surface area contributed by atoms with Gasteiger partial charge in [-0.1, -0.05) is 35.3 Å². The molecular weight excluding hydrogens is 1120 g/mol. The van der Waals surface area contributed by atoms with Crippen molar-refractivity contribution in [3.8, 4) is 0 Å². The van der Waals surface area contributed by atoms with E-state index in [-0.39, 0.29) is 129 Å². The van der Waals surface area contributed by atoms with Gasteiger partial charge in [0.25, 0.3) is 47.3 Å².